The van der Waals surface area contributed by atoms with Crippen molar-refractivity contribution in [2.45, 2.75) is 13.8 Å². The first-order valence-corrected chi connectivity index (χ1v) is 8.50. The molecular formula is C18H23ClN2O4. The molecule has 2 rings (SSSR count). The first-order chi connectivity index (χ1) is 11.9. The fourth-order valence-corrected chi connectivity index (χ4v) is 2.69. The molecule has 0 bridgehead atoms. The van der Waals surface area contributed by atoms with Crippen LogP contribution in [-0.4, -0.2) is 61.2 Å². The van der Waals surface area contributed by atoms with Gasteiger partial charge in [-0.3, -0.25) is 4.79 Å². The lowest BCUT2D eigenvalue weighted by Gasteiger charge is -2.34. The summed E-state index contributed by atoms with van der Waals surface area (Å²) in [6.45, 7) is 9.26. The Bertz CT molecular complexity index is 631. The summed E-state index contributed by atoms with van der Waals surface area (Å²) in [5.74, 6) is 0.517. The van der Waals surface area contributed by atoms with E-state index in [4.69, 9.17) is 21.1 Å². The minimum Gasteiger partial charge on any atom is -0.484 e. The third-order valence-corrected chi connectivity index (χ3v) is 4.58. The maximum Gasteiger partial charge on any atom is 0.410 e. The van der Waals surface area contributed by atoms with Gasteiger partial charge in [0, 0.05) is 31.2 Å². The van der Waals surface area contributed by atoms with E-state index >= 15 is 0 Å². The topological polar surface area (TPSA) is 59.1 Å². The number of benzene rings is 1. The molecule has 1 saturated heterocycles. The molecule has 1 heterocycles. The number of ether oxygens (including phenoxy) is 2. The summed E-state index contributed by atoms with van der Waals surface area (Å²) in [6, 6.07) is 3.63. The van der Waals surface area contributed by atoms with Gasteiger partial charge in [0.05, 0.1) is 0 Å². The molecule has 0 aromatic heterocycles. The van der Waals surface area contributed by atoms with E-state index in [1.807, 2.05) is 26.0 Å². The molecule has 0 atom stereocenters. The number of hydrogen-bond donors (Lipinski definition) is 0. The highest BCUT2D eigenvalue weighted by Gasteiger charge is 2.25. The number of carbonyl (C=O) groups is 2. The van der Waals surface area contributed by atoms with Crippen LogP contribution in [0.25, 0.3) is 0 Å². The second-order valence-electron chi connectivity index (χ2n) is 5.89. The molecule has 136 valence electrons. The molecule has 0 aliphatic carbocycles. The van der Waals surface area contributed by atoms with Crippen LogP contribution in [-0.2, 0) is 9.53 Å². The van der Waals surface area contributed by atoms with Gasteiger partial charge >= 0.3 is 6.09 Å². The smallest absolute Gasteiger partial charge is 0.410 e. The Morgan fingerprint density at radius 1 is 1.16 bits per heavy atom. The molecule has 0 spiro atoms. The number of nitrogens with zero attached hydrogens (tertiary/aromatic N) is 2. The van der Waals surface area contributed by atoms with E-state index in [0.29, 0.717) is 37.0 Å². The van der Waals surface area contributed by atoms with Crippen molar-refractivity contribution in [2.75, 3.05) is 39.4 Å². The SMILES string of the molecule is C=CCOC(=O)N1CCN(C(=O)COc2cc(C)c(Cl)c(C)c2)CC1. The van der Waals surface area contributed by atoms with Crippen LogP contribution in [0.15, 0.2) is 24.8 Å². The highest BCUT2D eigenvalue weighted by atomic mass is 35.5. The number of aryl methyl sites for hydroxylation is 2. The number of rotatable bonds is 5. The van der Waals surface area contributed by atoms with Gasteiger partial charge in [-0.15, -0.1) is 0 Å². The van der Waals surface area contributed by atoms with E-state index in [9.17, 15) is 9.59 Å². The van der Waals surface area contributed by atoms with Crippen molar-refractivity contribution in [1.82, 2.24) is 9.80 Å². The Morgan fingerprint density at radius 2 is 1.72 bits per heavy atom. The van der Waals surface area contributed by atoms with E-state index < -0.39 is 0 Å². The summed E-state index contributed by atoms with van der Waals surface area (Å²) in [5.41, 5.74) is 1.83. The maximum absolute atomic E-state index is 12.3. The van der Waals surface area contributed by atoms with Gasteiger partial charge in [0.2, 0.25) is 0 Å². The Labute approximate surface area is 152 Å². The van der Waals surface area contributed by atoms with E-state index in [1.165, 1.54) is 6.08 Å². The van der Waals surface area contributed by atoms with Crippen molar-refractivity contribution in [2.24, 2.45) is 0 Å². The largest absolute Gasteiger partial charge is 0.484 e. The monoisotopic (exact) mass is 366 g/mol. The molecule has 1 aromatic carbocycles. The lowest BCUT2D eigenvalue weighted by molar-refractivity contribution is -0.134. The summed E-state index contributed by atoms with van der Waals surface area (Å²) in [7, 11) is 0. The molecule has 1 aromatic rings. The summed E-state index contributed by atoms with van der Waals surface area (Å²) in [5, 5.41) is 0.707. The Morgan fingerprint density at radius 3 is 2.28 bits per heavy atom. The van der Waals surface area contributed by atoms with Gasteiger partial charge in [0.25, 0.3) is 5.91 Å². The summed E-state index contributed by atoms with van der Waals surface area (Å²) < 4.78 is 10.6. The Hall–Kier alpha value is -2.21. The number of piperazine rings is 1. The molecule has 7 heteroatoms. The van der Waals surface area contributed by atoms with Gasteiger partial charge in [-0.2, -0.15) is 0 Å². The van der Waals surface area contributed by atoms with Gasteiger partial charge in [-0.05, 0) is 37.1 Å². The van der Waals surface area contributed by atoms with Crippen molar-refractivity contribution >= 4 is 23.6 Å². The van der Waals surface area contributed by atoms with Crippen LogP contribution in [0, 0.1) is 13.8 Å². The number of amides is 2. The lowest BCUT2D eigenvalue weighted by atomic mass is 10.1. The minimum absolute atomic E-state index is 0.0403. The summed E-state index contributed by atoms with van der Waals surface area (Å²) >= 11 is 6.13. The minimum atomic E-state index is -0.379. The molecule has 25 heavy (non-hydrogen) atoms. The van der Waals surface area contributed by atoms with Crippen LogP contribution in [0.2, 0.25) is 5.02 Å². The molecule has 1 fully saturated rings. The molecule has 0 radical (unpaired) electrons. The highest BCUT2D eigenvalue weighted by Crippen LogP contribution is 2.25. The van der Waals surface area contributed by atoms with E-state index in [-0.39, 0.29) is 25.2 Å². The zero-order valence-corrected chi connectivity index (χ0v) is 15.3. The van der Waals surface area contributed by atoms with Crippen molar-refractivity contribution in [3.63, 3.8) is 0 Å². The number of carbonyl (C=O) groups excluding carboxylic acids is 2. The standard InChI is InChI=1S/C18H23ClN2O4/c1-4-9-24-18(23)21-7-5-20(6-8-21)16(22)12-25-15-10-13(2)17(19)14(3)11-15/h4,10-11H,1,5-9,12H2,2-3H3. The third kappa shape index (κ3) is 5.13. The van der Waals surface area contributed by atoms with Crippen molar-refractivity contribution in [1.29, 1.82) is 0 Å². The van der Waals surface area contributed by atoms with Crippen LogP contribution in [0.5, 0.6) is 5.75 Å². The second-order valence-corrected chi connectivity index (χ2v) is 6.27. The van der Waals surface area contributed by atoms with Gasteiger partial charge < -0.3 is 19.3 Å². The second kappa shape index (κ2) is 8.76. The molecule has 0 N–H and O–H groups in total. The van der Waals surface area contributed by atoms with Gasteiger partial charge in [-0.25, -0.2) is 4.79 Å². The molecule has 1 aliphatic heterocycles. The fourth-order valence-electron chi connectivity index (χ4n) is 2.59. The van der Waals surface area contributed by atoms with Crippen LogP contribution < -0.4 is 4.74 Å². The van der Waals surface area contributed by atoms with Crippen molar-refractivity contribution in [3.8, 4) is 5.75 Å². The van der Waals surface area contributed by atoms with E-state index in [2.05, 4.69) is 6.58 Å². The number of hydrogen-bond acceptors (Lipinski definition) is 4. The average molecular weight is 367 g/mol. The molecule has 2 amide bonds. The first kappa shape index (κ1) is 19.1. The summed E-state index contributed by atoms with van der Waals surface area (Å²) in [4.78, 5) is 27.3. The first-order valence-electron chi connectivity index (χ1n) is 8.12. The average Bonchev–Trinajstić information content (AvgIpc) is 2.62. The Balaban J connectivity index is 1.81. The van der Waals surface area contributed by atoms with Crippen LogP contribution in [0.4, 0.5) is 4.79 Å². The van der Waals surface area contributed by atoms with Crippen molar-refractivity contribution in [3.05, 3.63) is 40.9 Å². The molecule has 0 saturated carbocycles. The van der Waals surface area contributed by atoms with Gasteiger partial charge in [0.1, 0.15) is 12.4 Å². The predicted molar refractivity (Wildman–Crippen MR) is 96.1 cm³/mol. The molecule has 6 nitrogen and oxygen atoms in total. The zero-order valence-electron chi connectivity index (χ0n) is 14.6. The predicted octanol–water partition coefficient (Wildman–Crippen LogP) is 2.80. The normalized spacial score (nSPS) is 14.2. The van der Waals surface area contributed by atoms with Gasteiger partial charge in [0.15, 0.2) is 6.61 Å². The fraction of sp³-hybridized carbons (Fsp3) is 0.444. The van der Waals surface area contributed by atoms with Crippen molar-refractivity contribution < 1.29 is 19.1 Å². The third-order valence-electron chi connectivity index (χ3n) is 3.99. The Kier molecular flexibility index (Phi) is 6.70. The highest BCUT2D eigenvalue weighted by molar-refractivity contribution is 6.32. The zero-order chi connectivity index (χ0) is 18.4. The molecular weight excluding hydrogens is 344 g/mol. The summed E-state index contributed by atoms with van der Waals surface area (Å²) in [6.07, 6.45) is 1.14. The lowest BCUT2D eigenvalue weighted by Crippen LogP contribution is -2.51. The number of halogens is 1. The maximum atomic E-state index is 12.3. The van der Waals surface area contributed by atoms with E-state index in [1.54, 1.807) is 9.80 Å². The van der Waals surface area contributed by atoms with Gasteiger partial charge in [-0.1, -0.05) is 24.3 Å². The molecule has 1 aliphatic rings. The van der Waals surface area contributed by atoms with Crippen LogP contribution in [0.1, 0.15) is 11.1 Å². The van der Waals surface area contributed by atoms with Crippen LogP contribution >= 0.6 is 11.6 Å². The van der Waals surface area contributed by atoms with E-state index in [0.717, 1.165) is 11.1 Å². The quantitative estimate of drug-likeness (QED) is 0.752. The molecule has 0 unspecified atom stereocenters. The van der Waals surface area contributed by atoms with Crippen LogP contribution in [0.3, 0.4) is 0 Å².